The summed E-state index contributed by atoms with van der Waals surface area (Å²) in [5.41, 5.74) is 1.58. The van der Waals surface area contributed by atoms with Crippen LogP contribution in [0, 0.1) is 5.92 Å². The fourth-order valence-electron chi connectivity index (χ4n) is 2.50. The smallest absolute Gasteiger partial charge is 0.240 e. The van der Waals surface area contributed by atoms with Crippen LogP contribution in [-0.4, -0.2) is 20.4 Å². The lowest BCUT2D eigenvalue weighted by Gasteiger charge is -2.19. The number of hydrogen-bond donors (Lipinski definition) is 2. The molecule has 2 N–H and O–H groups in total. The average molecular weight is 324 g/mol. The van der Waals surface area contributed by atoms with Gasteiger partial charge in [0.15, 0.2) is 0 Å². The number of rotatable bonds is 6. The maximum atomic E-state index is 12.4. The van der Waals surface area contributed by atoms with E-state index < -0.39 is 10.0 Å². The highest BCUT2D eigenvalue weighted by atomic mass is 32.2. The summed E-state index contributed by atoms with van der Waals surface area (Å²) < 4.78 is 27.6. The molecule has 0 bridgehead atoms. The Labute approximate surface area is 132 Å². The number of aryl methyl sites for hydroxylation is 1. The van der Waals surface area contributed by atoms with E-state index in [1.54, 1.807) is 18.2 Å². The second-order valence-electron chi connectivity index (χ2n) is 6.36. The third-order valence-electron chi connectivity index (χ3n) is 3.82. The summed E-state index contributed by atoms with van der Waals surface area (Å²) in [6, 6.07) is 4.77. The molecule has 1 amide bonds. The van der Waals surface area contributed by atoms with E-state index in [0.717, 1.165) is 18.4 Å². The minimum Gasteiger partial charge on any atom is -0.326 e. The van der Waals surface area contributed by atoms with Gasteiger partial charge in [0.25, 0.3) is 0 Å². The van der Waals surface area contributed by atoms with Crippen LogP contribution < -0.4 is 10.0 Å². The van der Waals surface area contributed by atoms with Crippen molar-refractivity contribution >= 4 is 21.6 Å². The van der Waals surface area contributed by atoms with Crippen LogP contribution >= 0.6 is 0 Å². The van der Waals surface area contributed by atoms with Gasteiger partial charge < -0.3 is 5.32 Å². The van der Waals surface area contributed by atoms with Gasteiger partial charge in [-0.15, -0.1) is 0 Å². The molecule has 1 unspecified atom stereocenters. The Kier molecular flexibility index (Phi) is 5.24. The van der Waals surface area contributed by atoms with Crippen molar-refractivity contribution in [2.24, 2.45) is 5.92 Å². The van der Waals surface area contributed by atoms with Crippen LogP contribution in [0.4, 0.5) is 5.69 Å². The van der Waals surface area contributed by atoms with Gasteiger partial charge in [0.2, 0.25) is 15.9 Å². The van der Waals surface area contributed by atoms with Gasteiger partial charge in [0, 0.05) is 18.2 Å². The number of carbonyl (C=O) groups is 1. The molecular formula is C16H24N2O3S. The predicted octanol–water partition coefficient (Wildman–Crippen LogP) is 2.67. The van der Waals surface area contributed by atoms with Gasteiger partial charge in [-0.3, -0.25) is 4.79 Å². The first-order valence-electron chi connectivity index (χ1n) is 7.73. The number of hydrogen-bond acceptors (Lipinski definition) is 3. The molecule has 22 heavy (non-hydrogen) atoms. The van der Waals surface area contributed by atoms with Gasteiger partial charge in [0.1, 0.15) is 0 Å². The topological polar surface area (TPSA) is 75.3 Å². The zero-order valence-electron chi connectivity index (χ0n) is 13.3. The quantitative estimate of drug-likeness (QED) is 0.845. The van der Waals surface area contributed by atoms with Crippen molar-refractivity contribution < 1.29 is 13.2 Å². The first-order chi connectivity index (χ1) is 10.3. The van der Waals surface area contributed by atoms with Crippen molar-refractivity contribution in [1.82, 2.24) is 4.72 Å². The monoisotopic (exact) mass is 324 g/mol. The molecule has 0 aliphatic carbocycles. The standard InChI is InChI=1S/C16H24N2O3S/c1-11(2)4-5-12(3)18-22(20,21)14-7-8-15-13(10-14)6-9-16(19)17-15/h7-8,10-12,18H,4-6,9H2,1-3H3,(H,17,19). The number of amides is 1. The second kappa shape index (κ2) is 6.79. The molecule has 122 valence electrons. The lowest BCUT2D eigenvalue weighted by molar-refractivity contribution is -0.116. The SMILES string of the molecule is CC(C)CCC(C)NS(=O)(=O)c1ccc2c(c1)CCC(=O)N2. The summed E-state index contributed by atoms with van der Waals surface area (Å²) in [4.78, 5) is 11.6. The molecule has 0 spiro atoms. The summed E-state index contributed by atoms with van der Waals surface area (Å²) >= 11 is 0. The highest BCUT2D eigenvalue weighted by Gasteiger charge is 2.21. The Morgan fingerprint density at radius 1 is 1.18 bits per heavy atom. The van der Waals surface area contributed by atoms with Crippen molar-refractivity contribution in [3.8, 4) is 0 Å². The highest BCUT2D eigenvalue weighted by molar-refractivity contribution is 7.89. The highest BCUT2D eigenvalue weighted by Crippen LogP contribution is 2.25. The molecule has 2 rings (SSSR count). The third-order valence-corrected chi connectivity index (χ3v) is 5.40. The van der Waals surface area contributed by atoms with Crippen LogP contribution in [0.5, 0.6) is 0 Å². The number of sulfonamides is 1. The number of fused-ring (bicyclic) bond motifs is 1. The summed E-state index contributed by atoms with van der Waals surface area (Å²) in [6.07, 6.45) is 2.78. The van der Waals surface area contributed by atoms with E-state index >= 15 is 0 Å². The van der Waals surface area contributed by atoms with E-state index in [9.17, 15) is 13.2 Å². The molecule has 0 saturated heterocycles. The molecular weight excluding hydrogens is 300 g/mol. The molecule has 1 aliphatic heterocycles. The molecule has 0 radical (unpaired) electrons. The van der Waals surface area contributed by atoms with Gasteiger partial charge in [0.05, 0.1) is 4.90 Å². The molecule has 5 nitrogen and oxygen atoms in total. The fraction of sp³-hybridized carbons (Fsp3) is 0.562. The average Bonchev–Trinajstić information content (AvgIpc) is 2.44. The Morgan fingerprint density at radius 2 is 1.91 bits per heavy atom. The molecule has 1 heterocycles. The van der Waals surface area contributed by atoms with Crippen LogP contribution in [0.1, 0.15) is 45.6 Å². The van der Waals surface area contributed by atoms with Crippen molar-refractivity contribution in [3.05, 3.63) is 23.8 Å². The summed E-state index contributed by atoms with van der Waals surface area (Å²) in [5, 5.41) is 2.76. The fourth-order valence-corrected chi connectivity index (χ4v) is 3.83. The number of carbonyl (C=O) groups excluding carboxylic acids is 1. The van der Waals surface area contributed by atoms with Gasteiger partial charge in [-0.25, -0.2) is 13.1 Å². The molecule has 6 heteroatoms. The van der Waals surface area contributed by atoms with E-state index in [1.807, 2.05) is 6.92 Å². The van der Waals surface area contributed by atoms with E-state index in [0.29, 0.717) is 24.4 Å². The molecule has 1 atom stereocenters. The Morgan fingerprint density at radius 3 is 2.59 bits per heavy atom. The second-order valence-corrected chi connectivity index (χ2v) is 8.07. The first kappa shape index (κ1) is 17.0. The minimum atomic E-state index is -3.52. The molecule has 0 saturated carbocycles. The number of anilines is 1. The maximum absolute atomic E-state index is 12.4. The van der Waals surface area contributed by atoms with Gasteiger partial charge >= 0.3 is 0 Å². The van der Waals surface area contributed by atoms with Crippen molar-refractivity contribution in [3.63, 3.8) is 0 Å². The van der Waals surface area contributed by atoms with Crippen molar-refractivity contribution in [2.45, 2.75) is 57.4 Å². The van der Waals surface area contributed by atoms with Crippen LogP contribution in [-0.2, 0) is 21.2 Å². The summed E-state index contributed by atoms with van der Waals surface area (Å²) in [5.74, 6) is 0.530. The molecule has 0 aromatic heterocycles. The van der Waals surface area contributed by atoms with E-state index in [-0.39, 0.29) is 16.8 Å². The Balaban J connectivity index is 2.11. The molecule has 0 fully saturated rings. The van der Waals surface area contributed by atoms with E-state index in [1.165, 1.54) is 0 Å². The Hall–Kier alpha value is -1.40. The van der Waals surface area contributed by atoms with Crippen LogP contribution in [0.15, 0.2) is 23.1 Å². The summed E-state index contributed by atoms with van der Waals surface area (Å²) in [7, 11) is -3.52. The van der Waals surface area contributed by atoms with Gasteiger partial charge in [-0.2, -0.15) is 0 Å². The Bertz CT molecular complexity index is 653. The maximum Gasteiger partial charge on any atom is 0.240 e. The van der Waals surface area contributed by atoms with Crippen LogP contribution in [0.2, 0.25) is 0 Å². The minimum absolute atomic E-state index is 0.0245. The number of nitrogens with one attached hydrogen (secondary N) is 2. The zero-order chi connectivity index (χ0) is 16.3. The van der Waals surface area contributed by atoms with Crippen molar-refractivity contribution in [1.29, 1.82) is 0 Å². The largest absolute Gasteiger partial charge is 0.326 e. The van der Waals surface area contributed by atoms with E-state index in [2.05, 4.69) is 23.9 Å². The molecule has 1 aromatic rings. The van der Waals surface area contributed by atoms with Gasteiger partial charge in [-0.1, -0.05) is 13.8 Å². The number of benzene rings is 1. The van der Waals surface area contributed by atoms with Crippen molar-refractivity contribution in [2.75, 3.05) is 5.32 Å². The first-order valence-corrected chi connectivity index (χ1v) is 9.21. The lowest BCUT2D eigenvalue weighted by Crippen LogP contribution is -2.33. The summed E-state index contributed by atoms with van der Waals surface area (Å²) in [6.45, 7) is 6.14. The van der Waals surface area contributed by atoms with E-state index in [4.69, 9.17) is 0 Å². The lowest BCUT2D eigenvalue weighted by atomic mass is 10.0. The molecule has 1 aliphatic rings. The van der Waals surface area contributed by atoms with Gasteiger partial charge in [-0.05, 0) is 55.9 Å². The van der Waals surface area contributed by atoms with Crippen LogP contribution in [0.3, 0.4) is 0 Å². The molecule has 1 aromatic carbocycles. The predicted molar refractivity (Wildman–Crippen MR) is 87.2 cm³/mol. The van der Waals surface area contributed by atoms with Crippen LogP contribution in [0.25, 0.3) is 0 Å². The third kappa shape index (κ3) is 4.30. The normalized spacial score (nSPS) is 16.3. The zero-order valence-corrected chi connectivity index (χ0v) is 14.2.